The first-order valence-corrected chi connectivity index (χ1v) is 6.57. The van der Waals surface area contributed by atoms with Gasteiger partial charge in [-0.3, -0.25) is 0 Å². The van der Waals surface area contributed by atoms with Gasteiger partial charge in [-0.25, -0.2) is 4.79 Å². The van der Waals surface area contributed by atoms with Gasteiger partial charge >= 0.3 is 5.97 Å². The van der Waals surface area contributed by atoms with Gasteiger partial charge in [0.2, 0.25) is 0 Å². The van der Waals surface area contributed by atoms with Gasteiger partial charge in [0.05, 0.1) is 5.60 Å². The normalized spacial score (nSPS) is 35.6. The zero-order chi connectivity index (χ0) is 14.9. The molecule has 0 aromatic carbocycles. The average molecular weight is 268 g/mol. The van der Waals surface area contributed by atoms with Crippen molar-refractivity contribution in [1.82, 2.24) is 0 Å². The van der Waals surface area contributed by atoms with Crippen molar-refractivity contribution in [2.45, 2.75) is 58.2 Å². The highest BCUT2D eigenvalue weighted by atomic mass is 16.4. The summed E-state index contributed by atoms with van der Waals surface area (Å²) in [6.45, 7) is 7.12. The topological polar surface area (TPSA) is 77.8 Å². The van der Waals surface area contributed by atoms with Crippen LogP contribution >= 0.6 is 0 Å². The Labute approximate surface area is 114 Å². The molecule has 1 aliphatic carbocycles. The number of hydrogen-bond acceptors (Lipinski definition) is 3. The lowest BCUT2D eigenvalue weighted by molar-refractivity contribution is -0.194. The predicted octanol–water partition coefficient (Wildman–Crippen LogP) is 2.27. The monoisotopic (exact) mass is 268 g/mol. The fraction of sp³-hybridized carbons (Fsp3) is 0.667. The number of carboxylic acids is 1. The number of carbonyl (C=O) groups is 1. The van der Waals surface area contributed by atoms with Crippen molar-refractivity contribution in [1.29, 1.82) is 0 Å². The first kappa shape index (κ1) is 15.9. The van der Waals surface area contributed by atoms with Gasteiger partial charge in [-0.1, -0.05) is 19.9 Å². The highest BCUT2D eigenvalue weighted by Crippen LogP contribution is 2.50. The number of rotatable bonds is 3. The Kier molecular flexibility index (Phi) is 4.27. The summed E-state index contributed by atoms with van der Waals surface area (Å²) in [7, 11) is 0. The molecule has 3 N–H and O–H groups in total. The molecular weight excluding hydrogens is 244 g/mol. The molecule has 0 bridgehead atoms. The van der Waals surface area contributed by atoms with Gasteiger partial charge in [0.1, 0.15) is 5.60 Å². The van der Waals surface area contributed by atoms with Crippen molar-refractivity contribution in [3.05, 3.63) is 23.8 Å². The van der Waals surface area contributed by atoms with Crippen molar-refractivity contribution in [3.63, 3.8) is 0 Å². The molecule has 19 heavy (non-hydrogen) atoms. The van der Waals surface area contributed by atoms with Crippen LogP contribution < -0.4 is 0 Å². The molecule has 0 aromatic heterocycles. The maximum atomic E-state index is 10.9. The van der Waals surface area contributed by atoms with Crippen LogP contribution in [0.1, 0.15) is 47.0 Å². The molecule has 2 unspecified atom stereocenters. The van der Waals surface area contributed by atoms with Crippen LogP contribution in [-0.4, -0.2) is 32.5 Å². The summed E-state index contributed by atoms with van der Waals surface area (Å²) in [6, 6.07) is 0. The maximum Gasteiger partial charge on any atom is 0.328 e. The second-order valence-electron chi connectivity index (χ2n) is 6.34. The first-order valence-electron chi connectivity index (χ1n) is 6.57. The number of allylic oxidation sites excluding steroid dienone is 2. The highest BCUT2D eigenvalue weighted by Gasteiger charge is 2.56. The molecule has 1 rings (SSSR count). The van der Waals surface area contributed by atoms with E-state index < -0.39 is 22.6 Å². The Morgan fingerprint density at radius 2 is 1.74 bits per heavy atom. The first-order chi connectivity index (χ1) is 8.52. The summed E-state index contributed by atoms with van der Waals surface area (Å²) in [5.74, 6) is -1.02. The van der Waals surface area contributed by atoms with Gasteiger partial charge in [0.15, 0.2) is 0 Å². The van der Waals surface area contributed by atoms with Crippen LogP contribution in [0, 0.1) is 5.41 Å². The molecule has 1 saturated carbocycles. The lowest BCUT2D eigenvalue weighted by Gasteiger charge is -2.53. The van der Waals surface area contributed by atoms with Gasteiger partial charge in [0.25, 0.3) is 0 Å². The van der Waals surface area contributed by atoms with E-state index in [9.17, 15) is 15.0 Å². The van der Waals surface area contributed by atoms with Crippen LogP contribution in [0.5, 0.6) is 0 Å². The average Bonchev–Trinajstić information content (AvgIpc) is 2.22. The van der Waals surface area contributed by atoms with Crippen LogP contribution in [0.2, 0.25) is 0 Å². The van der Waals surface area contributed by atoms with Crippen LogP contribution in [-0.2, 0) is 4.79 Å². The number of carboxylic acid groups (broad SMARTS) is 1. The second kappa shape index (κ2) is 5.10. The quantitative estimate of drug-likeness (QED) is 0.542. The van der Waals surface area contributed by atoms with Crippen molar-refractivity contribution in [2.24, 2.45) is 5.41 Å². The van der Waals surface area contributed by atoms with E-state index in [1.807, 2.05) is 13.8 Å². The van der Waals surface area contributed by atoms with Gasteiger partial charge in [-0.05, 0) is 50.2 Å². The Bertz CT molecular complexity index is 400. The molecule has 0 radical (unpaired) electrons. The molecule has 0 aromatic rings. The molecule has 0 saturated heterocycles. The zero-order valence-electron chi connectivity index (χ0n) is 12.1. The van der Waals surface area contributed by atoms with E-state index in [1.54, 1.807) is 26.0 Å². The van der Waals surface area contributed by atoms with E-state index in [0.29, 0.717) is 12.0 Å². The molecule has 0 heterocycles. The van der Waals surface area contributed by atoms with Gasteiger partial charge in [-0.2, -0.15) is 0 Å². The van der Waals surface area contributed by atoms with Crippen molar-refractivity contribution in [2.75, 3.05) is 0 Å². The van der Waals surface area contributed by atoms with Crippen LogP contribution in [0.15, 0.2) is 23.8 Å². The van der Waals surface area contributed by atoms with Crippen molar-refractivity contribution in [3.8, 4) is 0 Å². The fourth-order valence-corrected chi connectivity index (χ4v) is 2.88. The predicted molar refractivity (Wildman–Crippen MR) is 73.7 cm³/mol. The molecule has 0 spiro atoms. The minimum atomic E-state index is -1.37. The van der Waals surface area contributed by atoms with E-state index in [-0.39, 0.29) is 0 Å². The number of aliphatic hydroxyl groups is 2. The van der Waals surface area contributed by atoms with Gasteiger partial charge in [-0.15, -0.1) is 0 Å². The molecule has 4 nitrogen and oxygen atoms in total. The molecule has 0 aliphatic heterocycles. The smallest absolute Gasteiger partial charge is 0.328 e. The summed E-state index contributed by atoms with van der Waals surface area (Å²) in [5.41, 5.74) is -2.52. The summed E-state index contributed by atoms with van der Waals surface area (Å²) < 4.78 is 0. The third-order valence-corrected chi connectivity index (χ3v) is 4.26. The summed E-state index contributed by atoms with van der Waals surface area (Å²) in [5, 5.41) is 30.1. The molecule has 4 heteroatoms. The number of aliphatic carboxylic acids is 1. The summed E-state index contributed by atoms with van der Waals surface area (Å²) in [4.78, 5) is 10.6. The Morgan fingerprint density at radius 3 is 2.21 bits per heavy atom. The van der Waals surface area contributed by atoms with Crippen LogP contribution in [0.25, 0.3) is 0 Å². The lowest BCUT2D eigenvalue weighted by Crippen LogP contribution is -2.62. The van der Waals surface area contributed by atoms with Crippen molar-refractivity contribution >= 4 is 5.97 Å². The van der Waals surface area contributed by atoms with Crippen LogP contribution in [0.4, 0.5) is 0 Å². The second-order valence-corrected chi connectivity index (χ2v) is 6.34. The third-order valence-electron chi connectivity index (χ3n) is 4.26. The Hall–Kier alpha value is -1.13. The molecular formula is C15H24O4. The highest BCUT2D eigenvalue weighted by molar-refractivity contribution is 5.81. The Morgan fingerprint density at radius 1 is 1.16 bits per heavy atom. The minimum Gasteiger partial charge on any atom is -0.478 e. The SMILES string of the molecule is CC(/C=C/C1(O)C(C)(C)CCCC1(C)O)=C\C(=O)O. The fourth-order valence-electron chi connectivity index (χ4n) is 2.88. The van der Waals surface area contributed by atoms with E-state index in [2.05, 4.69) is 0 Å². The van der Waals surface area contributed by atoms with Crippen molar-refractivity contribution < 1.29 is 20.1 Å². The van der Waals surface area contributed by atoms with Gasteiger partial charge < -0.3 is 15.3 Å². The lowest BCUT2D eigenvalue weighted by atomic mass is 9.58. The third kappa shape index (κ3) is 3.07. The Balaban J connectivity index is 3.11. The summed E-state index contributed by atoms with van der Waals surface area (Å²) >= 11 is 0. The molecule has 0 amide bonds. The molecule has 1 aliphatic rings. The molecule has 108 valence electrons. The minimum absolute atomic E-state index is 0.464. The number of hydrogen-bond donors (Lipinski definition) is 3. The molecule has 2 atom stereocenters. The van der Waals surface area contributed by atoms with E-state index >= 15 is 0 Å². The standard InChI is InChI=1S/C15H24O4/c1-11(10-12(16)17)6-9-15(19)13(2,3)7-5-8-14(15,4)18/h6,9-10,18-19H,5,7-8H2,1-4H3,(H,16,17)/b9-6+,11-10+. The largest absolute Gasteiger partial charge is 0.478 e. The van der Waals surface area contributed by atoms with Crippen LogP contribution in [0.3, 0.4) is 0 Å². The van der Waals surface area contributed by atoms with Gasteiger partial charge in [0, 0.05) is 6.08 Å². The van der Waals surface area contributed by atoms with E-state index in [4.69, 9.17) is 5.11 Å². The van der Waals surface area contributed by atoms with E-state index in [0.717, 1.165) is 18.9 Å². The summed E-state index contributed by atoms with van der Waals surface area (Å²) in [6.07, 6.45) is 6.38. The van der Waals surface area contributed by atoms with E-state index in [1.165, 1.54) is 0 Å². The molecule has 1 fully saturated rings. The maximum absolute atomic E-state index is 10.9. The zero-order valence-corrected chi connectivity index (χ0v) is 12.1.